The molecular formula is C13H19N3O3S. The Hall–Kier alpha value is -1.60. The standard InChI is InChI=1S/C13H19N3O3S/c1-11(17)14-12-4-3-5-13(10-12)15-6-8-16(9-7-15)20(2,18)19/h3-5,10H,6-9H2,1-2H3,(H,14,17). The van der Waals surface area contributed by atoms with E-state index in [9.17, 15) is 13.2 Å². The molecule has 1 heterocycles. The van der Waals surface area contributed by atoms with Crippen molar-refractivity contribution in [3.05, 3.63) is 24.3 Å². The molecule has 0 bridgehead atoms. The SMILES string of the molecule is CC(=O)Nc1cccc(N2CCN(S(C)(=O)=O)CC2)c1. The minimum absolute atomic E-state index is 0.107. The second-order valence-corrected chi connectivity index (χ2v) is 6.86. The number of nitrogens with zero attached hydrogens (tertiary/aromatic N) is 2. The molecule has 0 atom stereocenters. The molecule has 7 heteroatoms. The second kappa shape index (κ2) is 5.80. The van der Waals surface area contributed by atoms with Crippen LogP contribution >= 0.6 is 0 Å². The molecule has 110 valence electrons. The van der Waals surface area contributed by atoms with E-state index in [2.05, 4.69) is 10.2 Å². The van der Waals surface area contributed by atoms with Gasteiger partial charge in [0.25, 0.3) is 0 Å². The van der Waals surface area contributed by atoms with Crippen molar-refractivity contribution in [3.63, 3.8) is 0 Å². The zero-order valence-electron chi connectivity index (χ0n) is 11.7. The molecule has 0 aliphatic carbocycles. The summed E-state index contributed by atoms with van der Waals surface area (Å²) >= 11 is 0. The molecule has 1 aliphatic rings. The number of nitrogens with one attached hydrogen (secondary N) is 1. The molecular weight excluding hydrogens is 278 g/mol. The number of piperazine rings is 1. The first-order valence-corrected chi connectivity index (χ1v) is 8.29. The van der Waals surface area contributed by atoms with Gasteiger partial charge in [-0.2, -0.15) is 4.31 Å². The molecule has 1 fully saturated rings. The molecule has 1 saturated heterocycles. The van der Waals surface area contributed by atoms with Crippen molar-refractivity contribution in [2.45, 2.75) is 6.92 Å². The van der Waals surface area contributed by atoms with Gasteiger partial charge in [-0.05, 0) is 18.2 Å². The van der Waals surface area contributed by atoms with Gasteiger partial charge in [-0.3, -0.25) is 4.79 Å². The van der Waals surface area contributed by atoms with E-state index in [1.54, 1.807) is 0 Å². The van der Waals surface area contributed by atoms with E-state index in [4.69, 9.17) is 0 Å². The van der Waals surface area contributed by atoms with Gasteiger partial charge in [-0.15, -0.1) is 0 Å². The average Bonchev–Trinajstić information content (AvgIpc) is 2.37. The van der Waals surface area contributed by atoms with Crippen LogP contribution < -0.4 is 10.2 Å². The molecule has 0 unspecified atom stereocenters. The van der Waals surface area contributed by atoms with Crippen molar-refractivity contribution in [2.75, 3.05) is 42.7 Å². The molecule has 0 aromatic heterocycles. The quantitative estimate of drug-likeness (QED) is 0.893. The van der Waals surface area contributed by atoms with Crippen molar-refractivity contribution < 1.29 is 13.2 Å². The molecule has 1 amide bonds. The fourth-order valence-corrected chi connectivity index (χ4v) is 3.09. The van der Waals surface area contributed by atoms with Crippen LogP contribution in [-0.4, -0.2) is 51.1 Å². The molecule has 20 heavy (non-hydrogen) atoms. The van der Waals surface area contributed by atoms with Crippen molar-refractivity contribution in [1.29, 1.82) is 0 Å². The third kappa shape index (κ3) is 3.71. The number of rotatable bonds is 3. The topological polar surface area (TPSA) is 69.7 Å². The van der Waals surface area contributed by atoms with E-state index in [0.29, 0.717) is 26.2 Å². The lowest BCUT2D eigenvalue weighted by Gasteiger charge is -2.34. The number of hydrogen-bond acceptors (Lipinski definition) is 4. The van der Waals surface area contributed by atoms with Crippen LogP contribution in [0.5, 0.6) is 0 Å². The summed E-state index contributed by atoms with van der Waals surface area (Å²) in [6.07, 6.45) is 1.24. The van der Waals surface area contributed by atoms with E-state index in [1.165, 1.54) is 17.5 Å². The summed E-state index contributed by atoms with van der Waals surface area (Å²) in [6.45, 7) is 3.75. The normalized spacial score (nSPS) is 17.0. The van der Waals surface area contributed by atoms with Gasteiger partial charge < -0.3 is 10.2 Å². The summed E-state index contributed by atoms with van der Waals surface area (Å²) in [5.74, 6) is -0.107. The van der Waals surface area contributed by atoms with Gasteiger partial charge in [0, 0.05) is 44.5 Å². The van der Waals surface area contributed by atoms with Crippen molar-refractivity contribution in [2.24, 2.45) is 0 Å². The van der Waals surface area contributed by atoms with Gasteiger partial charge in [-0.1, -0.05) is 6.07 Å². The molecule has 0 spiro atoms. The Bertz CT molecular complexity index is 593. The van der Waals surface area contributed by atoms with Crippen molar-refractivity contribution >= 4 is 27.3 Å². The fourth-order valence-electron chi connectivity index (χ4n) is 2.26. The van der Waals surface area contributed by atoms with E-state index in [-0.39, 0.29) is 5.91 Å². The second-order valence-electron chi connectivity index (χ2n) is 4.88. The summed E-state index contributed by atoms with van der Waals surface area (Å²) in [4.78, 5) is 13.2. The van der Waals surface area contributed by atoms with Crippen LogP contribution in [-0.2, 0) is 14.8 Å². The maximum Gasteiger partial charge on any atom is 0.221 e. The maximum absolute atomic E-state index is 11.5. The first-order chi connectivity index (χ1) is 9.36. The fraction of sp³-hybridized carbons (Fsp3) is 0.462. The molecule has 1 N–H and O–H groups in total. The molecule has 6 nitrogen and oxygen atoms in total. The lowest BCUT2D eigenvalue weighted by molar-refractivity contribution is -0.114. The lowest BCUT2D eigenvalue weighted by Crippen LogP contribution is -2.48. The zero-order valence-corrected chi connectivity index (χ0v) is 12.5. The van der Waals surface area contributed by atoms with Crippen LogP contribution in [0.1, 0.15) is 6.92 Å². The Balaban J connectivity index is 2.05. The Morgan fingerprint density at radius 3 is 2.40 bits per heavy atom. The van der Waals surface area contributed by atoms with Gasteiger partial charge in [0.1, 0.15) is 0 Å². The molecule has 1 aliphatic heterocycles. The highest BCUT2D eigenvalue weighted by Crippen LogP contribution is 2.21. The van der Waals surface area contributed by atoms with Crippen LogP contribution in [0.15, 0.2) is 24.3 Å². The third-order valence-electron chi connectivity index (χ3n) is 3.24. The number of carbonyl (C=O) groups excluding carboxylic acids is 1. The number of amides is 1. The van der Waals surface area contributed by atoms with Crippen LogP contribution in [0.3, 0.4) is 0 Å². The van der Waals surface area contributed by atoms with E-state index in [0.717, 1.165) is 11.4 Å². The predicted molar refractivity (Wildman–Crippen MR) is 79.4 cm³/mol. The highest BCUT2D eigenvalue weighted by molar-refractivity contribution is 7.88. The Labute approximate surface area is 119 Å². The first-order valence-electron chi connectivity index (χ1n) is 6.44. The summed E-state index contributed by atoms with van der Waals surface area (Å²) in [5.41, 5.74) is 1.74. The minimum atomic E-state index is -3.11. The predicted octanol–water partition coefficient (Wildman–Crippen LogP) is 0.727. The molecule has 2 rings (SSSR count). The van der Waals surface area contributed by atoms with Gasteiger partial charge >= 0.3 is 0 Å². The number of hydrogen-bond donors (Lipinski definition) is 1. The Morgan fingerprint density at radius 2 is 1.85 bits per heavy atom. The number of benzene rings is 1. The first kappa shape index (κ1) is 14.8. The monoisotopic (exact) mass is 297 g/mol. The van der Waals surface area contributed by atoms with E-state index < -0.39 is 10.0 Å². The lowest BCUT2D eigenvalue weighted by atomic mass is 10.2. The van der Waals surface area contributed by atoms with Gasteiger partial charge in [0.15, 0.2) is 0 Å². The summed E-state index contributed by atoms with van der Waals surface area (Å²) in [5, 5.41) is 2.75. The summed E-state index contributed by atoms with van der Waals surface area (Å²) in [6, 6.07) is 7.57. The van der Waals surface area contributed by atoms with E-state index >= 15 is 0 Å². The van der Waals surface area contributed by atoms with Crippen LogP contribution in [0.4, 0.5) is 11.4 Å². The molecule has 0 saturated carbocycles. The Morgan fingerprint density at radius 1 is 1.20 bits per heavy atom. The summed E-state index contributed by atoms with van der Waals surface area (Å²) in [7, 11) is -3.11. The number of anilines is 2. The number of sulfonamides is 1. The molecule has 1 aromatic carbocycles. The highest BCUT2D eigenvalue weighted by Gasteiger charge is 2.23. The van der Waals surface area contributed by atoms with Gasteiger partial charge in [-0.25, -0.2) is 8.42 Å². The van der Waals surface area contributed by atoms with Gasteiger partial charge in [0.2, 0.25) is 15.9 Å². The van der Waals surface area contributed by atoms with E-state index in [1.807, 2.05) is 24.3 Å². The maximum atomic E-state index is 11.5. The van der Waals surface area contributed by atoms with Gasteiger partial charge in [0.05, 0.1) is 6.26 Å². The summed E-state index contributed by atoms with van der Waals surface area (Å²) < 4.78 is 24.4. The highest BCUT2D eigenvalue weighted by atomic mass is 32.2. The number of carbonyl (C=O) groups is 1. The smallest absolute Gasteiger partial charge is 0.221 e. The average molecular weight is 297 g/mol. The van der Waals surface area contributed by atoms with Crippen LogP contribution in [0.2, 0.25) is 0 Å². The van der Waals surface area contributed by atoms with Crippen molar-refractivity contribution in [1.82, 2.24) is 4.31 Å². The molecule has 1 aromatic rings. The van der Waals surface area contributed by atoms with Crippen LogP contribution in [0.25, 0.3) is 0 Å². The van der Waals surface area contributed by atoms with Crippen molar-refractivity contribution in [3.8, 4) is 0 Å². The zero-order chi connectivity index (χ0) is 14.8. The van der Waals surface area contributed by atoms with Crippen LogP contribution in [0, 0.1) is 0 Å². The Kier molecular flexibility index (Phi) is 4.29. The minimum Gasteiger partial charge on any atom is -0.369 e. The molecule has 0 radical (unpaired) electrons. The largest absolute Gasteiger partial charge is 0.369 e. The third-order valence-corrected chi connectivity index (χ3v) is 4.54.